The maximum atomic E-state index is 11.6. The monoisotopic (exact) mass is 808 g/mol. The van der Waals surface area contributed by atoms with Gasteiger partial charge in [-0.3, -0.25) is 0 Å². The summed E-state index contributed by atoms with van der Waals surface area (Å²) in [5.74, 6) is 0. The second-order valence-electron chi connectivity index (χ2n) is 9.63. The Balaban J connectivity index is 0.00000461. The van der Waals surface area contributed by atoms with Crippen molar-refractivity contribution in [3.8, 4) is 0 Å². The van der Waals surface area contributed by atoms with Crippen LogP contribution in [0, 0.1) is 0 Å². The summed E-state index contributed by atoms with van der Waals surface area (Å²) in [7, 11) is -11.9. The van der Waals surface area contributed by atoms with E-state index in [2.05, 4.69) is 0 Å². The van der Waals surface area contributed by atoms with E-state index >= 15 is 0 Å². The zero-order chi connectivity index (χ0) is 31.4. The van der Waals surface area contributed by atoms with E-state index in [9.17, 15) is 33.7 Å². The Morgan fingerprint density at radius 3 is 0.822 bits per heavy atom. The van der Waals surface area contributed by atoms with Gasteiger partial charge in [-0.15, -0.1) is 0 Å². The summed E-state index contributed by atoms with van der Waals surface area (Å²) >= 11 is 0. The Morgan fingerprint density at radius 1 is 0.400 bits per heavy atom. The molecule has 4 aliphatic carbocycles. The van der Waals surface area contributed by atoms with Gasteiger partial charge in [-0.05, 0) is 72.0 Å². The van der Waals surface area contributed by atoms with Crippen LogP contribution in [0.15, 0.2) is 118 Å². The van der Waals surface area contributed by atoms with Gasteiger partial charge in [-0.25, -0.2) is 0 Å². The molecule has 0 heterocycles. The predicted molar refractivity (Wildman–Crippen MR) is 183 cm³/mol. The molecule has 0 unspecified atom stereocenters. The van der Waals surface area contributed by atoms with E-state index in [1.165, 1.54) is 0 Å². The summed E-state index contributed by atoms with van der Waals surface area (Å²) in [6, 6.07) is 7.88. The van der Waals surface area contributed by atoms with Crippen LogP contribution in [-0.2, 0) is 61.6 Å². The van der Waals surface area contributed by atoms with E-state index in [4.69, 9.17) is 0 Å². The summed E-state index contributed by atoms with van der Waals surface area (Å²) in [6.45, 7) is 0. The number of rotatable bonds is 6. The van der Waals surface area contributed by atoms with Gasteiger partial charge in [0, 0.05) is 46.1 Å². The van der Waals surface area contributed by atoms with Crippen molar-refractivity contribution < 1.29 is 54.1 Å². The molecule has 236 valence electrons. The van der Waals surface area contributed by atoms with Gasteiger partial charge in [0.1, 0.15) is 0 Å². The summed E-state index contributed by atoms with van der Waals surface area (Å²) in [4.78, 5) is 1.08. The Hall–Kier alpha value is -2.58. The molecule has 0 spiro atoms. The van der Waals surface area contributed by atoms with Crippen LogP contribution >= 0.6 is 15.8 Å². The van der Waals surface area contributed by atoms with E-state index in [1.54, 1.807) is 48.6 Å². The van der Waals surface area contributed by atoms with Crippen molar-refractivity contribution in [2.75, 3.05) is 0 Å². The fourth-order valence-corrected chi connectivity index (χ4v) is 11.9. The van der Waals surface area contributed by atoms with Gasteiger partial charge >= 0.3 is 0 Å². The molecule has 5 rings (SSSR count). The van der Waals surface area contributed by atoms with E-state index in [0.717, 1.165) is 31.9 Å². The van der Waals surface area contributed by atoms with Gasteiger partial charge in [0.2, 0.25) is 41.2 Å². The first-order chi connectivity index (χ1) is 21.1. The van der Waals surface area contributed by atoms with Crippen LogP contribution in [0.3, 0.4) is 0 Å². The molecule has 0 radical (unpaired) electrons. The molecule has 0 atom stereocenters. The molecule has 0 fully saturated rings. The summed E-state index contributed by atoms with van der Waals surface area (Å²) in [5, 5.41) is 5.61. The first-order valence-corrected chi connectivity index (χ1v) is 20.1. The molecule has 0 aliphatic heterocycles. The molecule has 1 aromatic rings. The zero-order valence-corrected chi connectivity index (χ0v) is 29.8. The van der Waals surface area contributed by atoms with E-state index in [1.807, 2.05) is 48.6 Å². The number of hydrogen-bond acceptors (Lipinski definition) is 8. The molecule has 0 saturated carbocycles. The minimum absolute atomic E-state index is 0. The maximum Gasteiger partial charge on any atom is 0.217 e. The van der Waals surface area contributed by atoms with Crippen LogP contribution in [0.5, 0.6) is 0 Å². The molecule has 0 N–H and O–H groups in total. The molecule has 0 saturated heterocycles. The van der Waals surface area contributed by atoms with Gasteiger partial charge in [0.25, 0.3) is 0 Å². The minimum Gasteiger partial charge on any atom is -0.184 e. The fraction of sp³-hybridized carbons (Fsp3) is 0.133. The van der Waals surface area contributed by atoms with E-state index in [0.29, 0.717) is 0 Å². The average molecular weight is 809 g/mol. The van der Waals surface area contributed by atoms with Crippen molar-refractivity contribution in [1.29, 1.82) is 0 Å². The molecule has 8 nitrogen and oxygen atoms in total. The molecule has 45 heavy (non-hydrogen) atoms. The third-order valence-electron chi connectivity index (χ3n) is 7.06. The standard InChI is InChI=1S/C30H24O8P2S4.Pd/c31-41(32)25-13-5-21(6-14-25)39(22-7-15-26(16-8-22)42(33)34)29-3-1-2-4-30(29)40(23-9-17-27(18-10-23)43(35)36)24-11-19-28(20-12-24)44(37)38;/h1-13,15,17,19H,14,16,18,20H2;. The summed E-state index contributed by atoms with van der Waals surface area (Å²) in [6.07, 6.45) is 22.1. The number of hydrogen-bond donors (Lipinski definition) is 0. The van der Waals surface area contributed by atoms with Crippen molar-refractivity contribution in [2.45, 2.75) is 25.7 Å². The molecular weight excluding hydrogens is 785 g/mol. The van der Waals surface area contributed by atoms with Gasteiger partial charge in [-0.1, -0.05) is 72.9 Å². The molecule has 0 aromatic heterocycles. The van der Waals surface area contributed by atoms with Gasteiger partial charge in [-0.2, -0.15) is 33.7 Å². The number of allylic oxidation sites excluding steroid dienone is 16. The van der Waals surface area contributed by atoms with E-state index in [-0.39, 0.29) is 65.6 Å². The quantitative estimate of drug-likeness (QED) is 0.242. The van der Waals surface area contributed by atoms with Crippen LogP contribution in [0.25, 0.3) is 0 Å². The van der Waals surface area contributed by atoms with Crippen molar-refractivity contribution in [2.24, 2.45) is 0 Å². The van der Waals surface area contributed by atoms with Crippen LogP contribution in [0.4, 0.5) is 0 Å². The summed E-state index contributed by atoms with van der Waals surface area (Å²) < 4.78 is 93.0. The van der Waals surface area contributed by atoms with Crippen molar-refractivity contribution in [1.82, 2.24) is 0 Å². The van der Waals surface area contributed by atoms with E-state index < -0.39 is 57.0 Å². The van der Waals surface area contributed by atoms with Crippen LogP contribution < -0.4 is 10.6 Å². The topological polar surface area (TPSA) is 137 Å². The van der Waals surface area contributed by atoms with Crippen molar-refractivity contribution in [3.05, 3.63) is 118 Å². The van der Waals surface area contributed by atoms with Gasteiger partial charge in [0.05, 0.1) is 19.5 Å². The molecule has 4 aliphatic rings. The Labute approximate surface area is 283 Å². The number of benzene rings is 1. The third-order valence-corrected chi connectivity index (χ3v) is 15.3. The first kappa shape index (κ1) is 35.3. The fourth-order valence-electron chi connectivity index (χ4n) is 4.93. The molecule has 1 aromatic carbocycles. The van der Waals surface area contributed by atoms with Crippen molar-refractivity contribution in [3.63, 3.8) is 0 Å². The average Bonchev–Trinajstić information content (AvgIpc) is 3.03. The SMILES string of the molecule is O=S(=O)=C1C=CC(P(C2=CCC(=S(=O)=O)C=C2)c2ccccc2P(C2=CCC(=S(=O)=O)C=C2)C2=CCC(=S(=O)=O)C=C2)=CC1.[Pd]. The molecule has 15 heteroatoms. The van der Waals surface area contributed by atoms with Crippen molar-refractivity contribution >= 4 is 87.1 Å². The van der Waals surface area contributed by atoms with Crippen LogP contribution in [0.2, 0.25) is 0 Å². The first-order valence-electron chi connectivity index (χ1n) is 13.2. The van der Waals surface area contributed by atoms with Crippen LogP contribution in [0.1, 0.15) is 25.7 Å². The molecule has 0 amide bonds. The predicted octanol–water partition coefficient (Wildman–Crippen LogP) is 3.48. The largest absolute Gasteiger partial charge is 0.217 e. The van der Waals surface area contributed by atoms with Gasteiger partial charge < -0.3 is 0 Å². The third kappa shape index (κ3) is 8.23. The Morgan fingerprint density at radius 2 is 0.644 bits per heavy atom. The minimum atomic E-state index is -2.35. The molecule has 0 bridgehead atoms. The van der Waals surface area contributed by atoms with Crippen LogP contribution in [-0.4, -0.2) is 53.1 Å². The van der Waals surface area contributed by atoms with Gasteiger partial charge in [0.15, 0.2) is 0 Å². The zero-order valence-electron chi connectivity index (χ0n) is 23.2. The summed E-state index contributed by atoms with van der Waals surface area (Å²) in [5.41, 5.74) is 0. The Kier molecular flexibility index (Phi) is 12.4. The smallest absolute Gasteiger partial charge is 0.184 e. The normalized spacial score (nSPS) is 17.5. The second kappa shape index (κ2) is 15.8. The second-order valence-corrected chi connectivity index (χ2v) is 18.0. The maximum absolute atomic E-state index is 11.6. The Bertz CT molecular complexity index is 1960. The molecular formula is C30H24O8P2PdS4.